The molecule has 0 aromatic carbocycles. The van der Waals surface area contributed by atoms with Crippen LogP contribution in [-0.2, 0) is 4.79 Å². The number of carboxylic acid groups (broad SMARTS) is 1. The van der Waals surface area contributed by atoms with Crippen molar-refractivity contribution in [2.45, 2.75) is 155 Å². The normalized spacial score (nSPS) is 13.6. The average molecular weight is 515 g/mol. The standard InChI is InChI=1S/C35H60O2/c1-2-3-4-5-6-7-8-9-10-11-12-13-14-15-16-17-18-19-20-21-22-23-24-25-26-27-28-29-30-31-32-33-34-35(36)37/h3-4,6-7,9-10,12-13,15-16H,2,5,8,11,14,17-34H2,1H3,(H,36,37)/b4-3-,7-6-,10-9-,13-12-,16-15-/i22D2. The van der Waals surface area contributed by atoms with E-state index in [-0.39, 0.29) is 0 Å². The summed E-state index contributed by atoms with van der Waals surface area (Å²) in [6, 6.07) is 0. The maximum Gasteiger partial charge on any atom is 0.303 e. The van der Waals surface area contributed by atoms with Gasteiger partial charge < -0.3 is 5.11 Å². The fourth-order valence-electron chi connectivity index (χ4n) is 4.12. The van der Waals surface area contributed by atoms with Crippen LogP contribution in [0.1, 0.15) is 157 Å². The zero-order valence-electron chi connectivity index (χ0n) is 26.2. The monoisotopic (exact) mass is 514 g/mol. The van der Waals surface area contributed by atoms with Gasteiger partial charge in [0.2, 0.25) is 0 Å². The molecule has 0 aromatic heterocycles. The average Bonchev–Trinajstić information content (AvgIpc) is 2.90. The van der Waals surface area contributed by atoms with E-state index >= 15 is 0 Å². The summed E-state index contributed by atoms with van der Waals surface area (Å²) in [6.07, 6.45) is 43.8. The van der Waals surface area contributed by atoms with Gasteiger partial charge in [-0.3, -0.25) is 4.79 Å². The quantitative estimate of drug-likeness (QED) is 0.0832. The Morgan fingerprint density at radius 1 is 0.514 bits per heavy atom. The van der Waals surface area contributed by atoms with Gasteiger partial charge in [-0.2, -0.15) is 0 Å². The molecule has 0 heterocycles. The number of allylic oxidation sites excluding steroid dienone is 10. The topological polar surface area (TPSA) is 37.3 Å². The Balaban J connectivity index is 3.50. The number of rotatable bonds is 28. The lowest BCUT2D eigenvalue weighted by atomic mass is 10.0. The second-order valence-electron chi connectivity index (χ2n) is 9.99. The Kier molecular flexibility index (Phi) is 27.3. The molecule has 0 saturated heterocycles. The number of carbonyl (C=O) groups is 1. The van der Waals surface area contributed by atoms with E-state index in [0.29, 0.717) is 19.3 Å². The molecule has 0 aliphatic heterocycles. The van der Waals surface area contributed by atoms with Gasteiger partial charge in [0.05, 0.1) is 0 Å². The van der Waals surface area contributed by atoms with E-state index in [2.05, 4.69) is 67.7 Å². The van der Waals surface area contributed by atoms with Crippen LogP contribution in [0.25, 0.3) is 0 Å². The van der Waals surface area contributed by atoms with Gasteiger partial charge in [-0.25, -0.2) is 0 Å². The molecule has 0 rings (SSSR count). The van der Waals surface area contributed by atoms with E-state index in [1.54, 1.807) is 0 Å². The van der Waals surface area contributed by atoms with Crippen molar-refractivity contribution in [1.82, 2.24) is 0 Å². The van der Waals surface area contributed by atoms with E-state index in [9.17, 15) is 4.79 Å². The maximum atomic E-state index is 10.5. The number of hydrogen-bond donors (Lipinski definition) is 1. The minimum atomic E-state index is -1.01. The molecule has 0 aliphatic rings. The maximum absolute atomic E-state index is 10.5. The van der Waals surface area contributed by atoms with Crippen LogP contribution in [0.2, 0.25) is 0 Å². The third-order valence-corrected chi connectivity index (χ3v) is 6.38. The first-order valence-corrected chi connectivity index (χ1v) is 15.4. The zero-order chi connectivity index (χ0) is 28.7. The molecule has 2 nitrogen and oxygen atoms in total. The Bertz CT molecular complexity index is 689. The van der Waals surface area contributed by atoms with Crippen LogP contribution in [0.3, 0.4) is 0 Å². The highest BCUT2D eigenvalue weighted by Crippen LogP contribution is 2.14. The zero-order valence-corrected chi connectivity index (χ0v) is 24.2. The summed E-state index contributed by atoms with van der Waals surface area (Å²) in [5, 5.41) is 8.63. The van der Waals surface area contributed by atoms with Gasteiger partial charge in [-0.1, -0.05) is 158 Å². The van der Waals surface area contributed by atoms with Crippen LogP contribution in [0.4, 0.5) is 0 Å². The van der Waals surface area contributed by atoms with Crippen molar-refractivity contribution in [3.8, 4) is 0 Å². The molecule has 1 N–H and O–H groups in total. The third-order valence-electron chi connectivity index (χ3n) is 6.38. The number of carboxylic acids is 1. The van der Waals surface area contributed by atoms with E-state index in [1.807, 2.05) is 0 Å². The van der Waals surface area contributed by atoms with Crippen LogP contribution in [0, 0.1) is 0 Å². The van der Waals surface area contributed by atoms with Crippen molar-refractivity contribution < 1.29 is 12.6 Å². The first-order valence-electron chi connectivity index (χ1n) is 16.4. The van der Waals surface area contributed by atoms with E-state index in [0.717, 1.165) is 89.9 Å². The summed E-state index contributed by atoms with van der Waals surface area (Å²) < 4.78 is 16.6. The molecule has 0 fully saturated rings. The number of hydrogen-bond acceptors (Lipinski definition) is 1. The molecule has 2 heteroatoms. The van der Waals surface area contributed by atoms with Gasteiger partial charge in [0.25, 0.3) is 0 Å². The minimum absolute atomic E-state index is 0.304. The largest absolute Gasteiger partial charge is 0.481 e. The fraction of sp³-hybridized carbons (Fsp3) is 0.686. The molecule has 212 valence electrons. The number of aliphatic carboxylic acids is 1. The van der Waals surface area contributed by atoms with E-state index in [1.165, 1.54) is 32.1 Å². The van der Waals surface area contributed by atoms with Gasteiger partial charge in [0.15, 0.2) is 0 Å². The molecular weight excluding hydrogens is 452 g/mol. The predicted octanol–water partition coefficient (Wildman–Crippen LogP) is 11.8. The summed E-state index contributed by atoms with van der Waals surface area (Å²) in [6.45, 7) is 2.16. The Morgan fingerprint density at radius 3 is 1.30 bits per heavy atom. The summed E-state index contributed by atoms with van der Waals surface area (Å²) >= 11 is 0. The van der Waals surface area contributed by atoms with Crippen LogP contribution < -0.4 is 0 Å². The van der Waals surface area contributed by atoms with Gasteiger partial charge >= 0.3 is 5.97 Å². The van der Waals surface area contributed by atoms with Crippen molar-refractivity contribution in [2.24, 2.45) is 0 Å². The Labute approximate surface area is 233 Å². The lowest BCUT2D eigenvalue weighted by Gasteiger charge is -2.03. The van der Waals surface area contributed by atoms with Crippen LogP contribution in [-0.4, -0.2) is 11.1 Å². The summed E-state index contributed by atoms with van der Waals surface area (Å²) in [4.78, 5) is 10.5. The van der Waals surface area contributed by atoms with Crippen molar-refractivity contribution in [3.63, 3.8) is 0 Å². The fourth-order valence-corrected chi connectivity index (χ4v) is 4.12. The Morgan fingerprint density at radius 2 is 0.865 bits per heavy atom. The first kappa shape index (κ1) is 31.4. The second-order valence-corrected chi connectivity index (χ2v) is 9.99. The predicted molar refractivity (Wildman–Crippen MR) is 165 cm³/mol. The lowest BCUT2D eigenvalue weighted by molar-refractivity contribution is -0.137. The van der Waals surface area contributed by atoms with Gasteiger partial charge in [0, 0.05) is 9.16 Å². The first-order chi connectivity index (χ1) is 19.0. The van der Waals surface area contributed by atoms with Crippen molar-refractivity contribution >= 4 is 5.97 Å². The summed E-state index contributed by atoms with van der Waals surface area (Å²) in [7, 11) is 0. The molecule has 0 aromatic rings. The highest BCUT2D eigenvalue weighted by molar-refractivity contribution is 5.66. The molecule has 0 spiro atoms. The lowest BCUT2D eigenvalue weighted by Crippen LogP contribution is -1.93. The Hall–Kier alpha value is -1.83. The molecule has 0 bridgehead atoms. The molecule has 0 aliphatic carbocycles. The summed E-state index contributed by atoms with van der Waals surface area (Å²) in [5.74, 6) is -0.684. The van der Waals surface area contributed by atoms with Crippen molar-refractivity contribution in [3.05, 3.63) is 60.8 Å². The molecular formula is C35H60O2. The van der Waals surface area contributed by atoms with Gasteiger partial charge in [-0.15, -0.1) is 0 Å². The van der Waals surface area contributed by atoms with Gasteiger partial charge in [0.1, 0.15) is 0 Å². The molecule has 0 radical (unpaired) electrons. The molecule has 0 saturated carbocycles. The molecule has 0 atom stereocenters. The van der Waals surface area contributed by atoms with Crippen molar-refractivity contribution in [1.29, 1.82) is 0 Å². The third kappa shape index (κ3) is 34.2. The summed E-state index contributed by atoms with van der Waals surface area (Å²) in [5.41, 5.74) is 0. The molecule has 0 amide bonds. The van der Waals surface area contributed by atoms with Crippen LogP contribution >= 0.6 is 0 Å². The van der Waals surface area contributed by atoms with Crippen LogP contribution in [0.15, 0.2) is 60.8 Å². The van der Waals surface area contributed by atoms with Crippen molar-refractivity contribution in [2.75, 3.05) is 0 Å². The second kappa shape index (κ2) is 32.2. The SMILES string of the molecule is [2H]C([2H])(CCCCC/C=C\C/C=C\C/C=C\C/C=C\C/C=C\CC)CCCCCCCCCCCCC(=O)O. The highest BCUT2D eigenvalue weighted by Gasteiger charge is 1.97. The van der Waals surface area contributed by atoms with Gasteiger partial charge in [-0.05, 0) is 51.4 Å². The number of unbranched alkanes of at least 4 members (excludes halogenated alkanes) is 12. The smallest absolute Gasteiger partial charge is 0.303 e. The van der Waals surface area contributed by atoms with E-state index < -0.39 is 12.3 Å². The minimum Gasteiger partial charge on any atom is -0.481 e. The van der Waals surface area contributed by atoms with E-state index in [4.69, 9.17) is 7.85 Å². The molecule has 0 unspecified atom stereocenters. The highest BCUT2D eigenvalue weighted by atomic mass is 16.4. The van der Waals surface area contributed by atoms with Crippen LogP contribution in [0.5, 0.6) is 0 Å². The molecule has 37 heavy (non-hydrogen) atoms.